The third-order valence-electron chi connectivity index (χ3n) is 2.37. The van der Waals surface area contributed by atoms with Gasteiger partial charge in [-0.1, -0.05) is 19.1 Å². The highest BCUT2D eigenvalue weighted by molar-refractivity contribution is 7.80. The van der Waals surface area contributed by atoms with Crippen molar-refractivity contribution in [2.75, 3.05) is 20.2 Å². The van der Waals surface area contributed by atoms with Gasteiger partial charge in [0.25, 0.3) is 5.91 Å². The first-order chi connectivity index (χ1) is 6.93. The molecule has 0 aliphatic rings. The molecule has 0 aromatic rings. The Morgan fingerprint density at radius 2 is 2.07 bits per heavy atom. The second kappa shape index (κ2) is 6.74. The van der Waals surface area contributed by atoms with Crippen molar-refractivity contribution in [1.82, 2.24) is 4.90 Å². The van der Waals surface area contributed by atoms with Crippen molar-refractivity contribution in [1.29, 1.82) is 0 Å². The fourth-order valence-corrected chi connectivity index (χ4v) is 1.23. The maximum absolute atomic E-state index is 11.8. The molecule has 0 fully saturated rings. The van der Waals surface area contributed by atoms with Crippen molar-refractivity contribution in [2.24, 2.45) is 11.7 Å². The molecule has 88 valence electrons. The van der Waals surface area contributed by atoms with Crippen LogP contribution in [0.25, 0.3) is 0 Å². The Bertz CT molecular complexity index is 233. The van der Waals surface area contributed by atoms with Crippen LogP contribution in [0.4, 0.5) is 0 Å². The Hall–Kier alpha value is -0.680. The van der Waals surface area contributed by atoms with E-state index in [9.17, 15) is 4.79 Å². The number of rotatable bonds is 6. The molecule has 0 saturated carbocycles. The number of carbonyl (C=O) groups excluding carboxylic acids is 1. The molecule has 4 nitrogen and oxygen atoms in total. The predicted molar refractivity (Wildman–Crippen MR) is 64.7 cm³/mol. The topological polar surface area (TPSA) is 55.6 Å². The van der Waals surface area contributed by atoms with Crippen molar-refractivity contribution in [3.05, 3.63) is 0 Å². The standard InChI is InChI=1S/C10H20N2O2S/c1-5-12(6-7(2)9(11)15)10(13)8(3)14-4/h7-8H,5-6H2,1-4H3,(H2,11,15). The highest BCUT2D eigenvalue weighted by Gasteiger charge is 2.21. The minimum absolute atomic E-state index is 0.0249. The van der Waals surface area contributed by atoms with Crippen molar-refractivity contribution in [2.45, 2.75) is 26.9 Å². The molecule has 0 spiro atoms. The lowest BCUT2D eigenvalue weighted by molar-refractivity contribution is -0.141. The normalized spacial score (nSPS) is 14.4. The van der Waals surface area contributed by atoms with Gasteiger partial charge in [0.05, 0.1) is 4.99 Å². The summed E-state index contributed by atoms with van der Waals surface area (Å²) in [5.74, 6) is 0.0102. The van der Waals surface area contributed by atoms with E-state index >= 15 is 0 Å². The molecule has 0 aromatic carbocycles. The number of hydrogen-bond donors (Lipinski definition) is 1. The van der Waals surface area contributed by atoms with E-state index in [0.29, 0.717) is 18.1 Å². The van der Waals surface area contributed by atoms with Gasteiger partial charge in [-0.3, -0.25) is 4.79 Å². The van der Waals surface area contributed by atoms with Crippen molar-refractivity contribution >= 4 is 23.1 Å². The predicted octanol–water partition coefficient (Wildman–Crippen LogP) is 0.792. The van der Waals surface area contributed by atoms with E-state index in [4.69, 9.17) is 22.7 Å². The van der Waals surface area contributed by atoms with E-state index < -0.39 is 6.10 Å². The first-order valence-electron chi connectivity index (χ1n) is 5.04. The number of amides is 1. The smallest absolute Gasteiger partial charge is 0.251 e. The lowest BCUT2D eigenvalue weighted by Crippen LogP contribution is -2.42. The van der Waals surface area contributed by atoms with Crippen LogP contribution in [0.2, 0.25) is 0 Å². The number of thiocarbonyl (C=S) groups is 1. The van der Waals surface area contributed by atoms with E-state index in [0.717, 1.165) is 0 Å². The minimum atomic E-state index is -0.413. The zero-order valence-corrected chi connectivity index (χ0v) is 10.6. The number of carbonyl (C=O) groups is 1. The van der Waals surface area contributed by atoms with E-state index in [-0.39, 0.29) is 11.8 Å². The SMILES string of the molecule is CCN(CC(C)C(N)=S)C(=O)C(C)OC. The van der Waals surface area contributed by atoms with Gasteiger partial charge in [-0.05, 0) is 13.8 Å². The maximum atomic E-state index is 11.8. The van der Waals surface area contributed by atoms with E-state index in [1.807, 2.05) is 13.8 Å². The molecule has 0 aliphatic heterocycles. The molecule has 2 unspecified atom stereocenters. The summed E-state index contributed by atoms with van der Waals surface area (Å²) in [6.45, 7) is 6.76. The van der Waals surface area contributed by atoms with Crippen LogP contribution < -0.4 is 5.73 Å². The molecule has 0 bridgehead atoms. The lowest BCUT2D eigenvalue weighted by Gasteiger charge is -2.26. The fourth-order valence-electron chi connectivity index (χ4n) is 1.15. The third-order valence-corrected chi connectivity index (χ3v) is 2.78. The zero-order chi connectivity index (χ0) is 12.0. The fraction of sp³-hybridized carbons (Fsp3) is 0.800. The highest BCUT2D eigenvalue weighted by atomic mass is 32.1. The summed E-state index contributed by atoms with van der Waals surface area (Å²) in [7, 11) is 1.52. The summed E-state index contributed by atoms with van der Waals surface area (Å²) in [5, 5.41) is 0. The molecular formula is C10H20N2O2S. The van der Waals surface area contributed by atoms with Crippen molar-refractivity contribution < 1.29 is 9.53 Å². The van der Waals surface area contributed by atoms with Gasteiger partial charge in [-0.2, -0.15) is 0 Å². The van der Waals surface area contributed by atoms with E-state index in [1.165, 1.54) is 7.11 Å². The second-order valence-electron chi connectivity index (χ2n) is 3.56. The molecule has 5 heteroatoms. The molecule has 0 aliphatic carbocycles. The van der Waals surface area contributed by atoms with Crippen LogP contribution in [0.3, 0.4) is 0 Å². The van der Waals surface area contributed by atoms with Crippen LogP contribution >= 0.6 is 12.2 Å². The molecule has 0 rings (SSSR count). The van der Waals surface area contributed by atoms with Gasteiger partial charge in [0.2, 0.25) is 0 Å². The van der Waals surface area contributed by atoms with Gasteiger partial charge in [-0.25, -0.2) is 0 Å². The van der Waals surface area contributed by atoms with Crippen LogP contribution in [0.15, 0.2) is 0 Å². The quantitative estimate of drug-likeness (QED) is 0.688. The highest BCUT2D eigenvalue weighted by Crippen LogP contribution is 2.04. The van der Waals surface area contributed by atoms with Crippen LogP contribution in [0.1, 0.15) is 20.8 Å². The maximum Gasteiger partial charge on any atom is 0.251 e. The van der Waals surface area contributed by atoms with Crippen LogP contribution in [-0.2, 0) is 9.53 Å². The molecular weight excluding hydrogens is 212 g/mol. The van der Waals surface area contributed by atoms with E-state index in [2.05, 4.69) is 0 Å². The number of nitrogens with two attached hydrogens (primary N) is 1. The van der Waals surface area contributed by atoms with Crippen molar-refractivity contribution in [3.8, 4) is 0 Å². The summed E-state index contributed by atoms with van der Waals surface area (Å²) in [6, 6.07) is 0. The lowest BCUT2D eigenvalue weighted by atomic mass is 10.1. The molecule has 15 heavy (non-hydrogen) atoms. The van der Waals surface area contributed by atoms with Gasteiger partial charge in [0.1, 0.15) is 6.10 Å². The summed E-state index contributed by atoms with van der Waals surface area (Å²) < 4.78 is 4.98. The summed E-state index contributed by atoms with van der Waals surface area (Å²) in [6.07, 6.45) is -0.413. The van der Waals surface area contributed by atoms with Gasteiger partial charge < -0.3 is 15.4 Å². The molecule has 0 aromatic heterocycles. The first kappa shape index (κ1) is 14.3. The van der Waals surface area contributed by atoms with Gasteiger partial charge in [0.15, 0.2) is 0 Å². The minimum Gasteiger partial charge on any atom is -0.393 e. The number of hydrogen-bond acceptors (Lipinski definition) is 3. The Labute approximate surface area is 96.8 Å². The average molecular weight is 232 g/mol. The number of likely N-dealkylation sites (N-methyl/N-ethyl adjacent to an activating group) is 1. The average Bonchev–Trinajstić information content (AvgIpc) is 2.23. The Morgan fingerprint density at radius 3 is 2.40 bits per heavy atom. The van der Waals surface area contributed by atoms with Gasteiger partial charge in [0, 0.05) is 26.1 Å². The van der Waals surface area contributed by atoms with E-state index in [1.54, 1.807) is 11.8 Å². The Morgan fingerprint density at radius 1 is 1.53 bits per heavy atom. The molecule has 2 atom stereocenters. The number of ether oxygens (including phenoxy) is 1. The molecule has 1 amide bonds. The molecule has 0 radical (unpaired) electrons. The van der Waals surface area contributed by atoms with Gasteiger partial charge in [-0.15, -0.1) is 0 Å². The zero-order valence-electron chi connectivity index (χ0n) is 9.82. The second-order valence-corrected chi connectivity index (χ2v) is 4.03. The van der Waals surface area contributed by atoms with Crippen LogP contribution in [0, 0.1) is 5.92 Å². The van der Waals surface area contributed by atoms with Crippen molar-refractivity contribution in [3.63, 3.8) is 0 Å². The summed E-state index contributed by atoms with van der Waals surface area (Å²) in [4.78, 5) is 13.9. The van der Waals surface area contributed by atoms with Crippen LogP contribution in [0.5, 0.6) is 0 Å². The third kappa shape index (κ3) is 4.57. The molecule has 2 N–H and O–H groups in total. The summed E-state index contributed by atoms with van der Waals surface area (Å²) >= 11 is 4.87. The number of methoxy groups -OCH3 is 1. The monoisotopic (exact) mass is 232 g/mol. The largest absolute Gasteiger partial charge is 0.393 e. The Balaban J connectivity index is 4.36. The molecule has 0 heterocycles. The van der Waals surface area contributed by atoms with Crippen LogP contribution in [-0.4, -0.2) is 42.1 Å². The Kier molecular flexibility index (Phi) is 6.43. The number of nitrogens with zero attached hydrogens (tertiary/aromatic N) is 1. The van der Waals surface area contributed by atoms with Gasteiger partial charge >= 0.3 is 0 Å². The molecule has 0 saturated heterocycles. The first-order valence-corrected chi connectivity index (χ1v) is 5.45. The summed E-state index contributed by atoms with van der Waals surface area (Å²) in [5.41, 5.74) is 5.51.